The molecule has 2 nitrogen and oxygen atoms in total. The van der Waals surface area contributed by atoms with Gasteiger partial charge in [0.1, 0.15) is 17.4 Å². The van der Waals surface area contributed by atoms with E-state index in [0.29, 0.717) is 11.6 Å². The third-order valence-corrected chi connectivity index (χ3v) is 2.54. The lowest BCUT2D eigenvalue weighted by atomic mass is 10.1. The van der Waals surface area contributed by atoms with Gasteiger partial charge in [-0.3, -0.25) is 0 Å². The molecule has 100 valence electrons. The molecular formula is C14H12F3NO. The molecule has 5 heteroatoms. The highest BCUT2D eigenvalue weighted by atomic mass is 19.1. The molecule has 0 aliphatic heterocycles. The van der Waals surface area contributed by atoms with Crippen molar-refractivity contribution in [3.63, 3.8) is 0 Å². The van der Waals surface area contributed by atoms with Crippen LogP contribution in [0.2, 0.25) is 0 Å². The summed E-state index contributed by atoms with van der Waals surface area (Å²) < 4.78 is 45.1. The fraction of sp³-hybridized carbons (Fsp3) is 0.143. The second kappa shape index (κ2) is 5.32. The van der Waals surface area contributed by atoms with E-state index in [9.17, 15) is 13.2 Å². The molecular weight excluding hydrogens is 255 g/mol. The van der Waals surface area contributed by atoms with Gasteiger partial charge in [-0.25, -0.2) is 13.2 Å². The second-order valence-electron chi connectivity index (χ2n) is 4.15. The normalized spacial score (nSPS) is 12.3. The molecule has 0 heterocycles. The Kier molecular flexibility index (Phi) is 3.76. The highest BCUT2D eigenvalue weighted by Crippen LogP contribution is 2.32. The highest BCUT2D eigenvalue weighted by molar-refractivity contribution is 5.40. The zero-order chi connectivity index (χ0) is 14.0. The number of hydrogen-bond donors (Lipinski definition) is 1. The summed E-state index contributed by atoms with van der Waals surface area (Å²) >= 11 is 0. The van der Waals surface area contributed by atoms with Crippen molar-refractivity contribution in [2.75, 3.05) is 0 Å². The van der Waals surface area contributed by atoms with E-state index in [2.05, 4.69) is 0 Å². The van der Waals surface area contributed by atoms with Crippen molar-refractivity contribution in [2.24, 2.45) is 5.73 Å². The molecule has 1 atom stereocenters. The Morgan fingerprint density at radius 3 is 2.26 bits per heavy atom. The Morgan fingerprint density at radius 2 is 1.68 bits per heavy atom. The molecule has 0 aromatic heterocycles. The van der Waals surface area contributed by atoms with Gasteiger partial charge in [0.25, 0.3) is 0 Å². The van der Waals surface area contributed by atoms with Crippen LogP contribution in [0.4, 0.5) is 13.2 Å². The Hall–Kier alpha value is -2.01. The van der Waals surface area contributed by atoms with E-state index in [1.54, 1.807) is 13.0 Å². The van der Waals surface area contributed by atoms with Crippen molar-refractivity contribution in [1.82, 2.24) is 0 Å². The molecule has 19 heavy (non-hydrogen) atoms. The number of nitrogens with two attached hydrogens (primary N) is 1. The van der Waals surface area contributed by atoms with Crippen LogP contribution in [0.1, 0.15) is 18.5 Å². The Balaban J connectivity index is 2.42. The molecule has 2 aromatic rings. The fourth-order valence-electron chi connectivity index (χ4n) is 1.70. The average molecular weight is 267 g/mol. The number of hydrogen-bond acceptors (Lipinski definition) is 2. The molecule has 2 N–H and O–H groups in total. The number of halogens is 3. The van der Waals surface area contributed by atoms with Crippen LogP contribution in [-0.2, 0) is 0 Å². The monoisotopic (exact) mass is 267 g/mol. The lowest BCUT2D eigenvalue weighted by Gasteiger charge is -2.14. The van der Waals surface area contributed by atoms with Crippen molar-refractivity contribution in [3.8, 4) is 11.5 Å². The van der Waals surface area contributed by atoms with Gasteiger partial charge in [-0.2, -0.15) is 0 Å². The Morgan fingerprint density at radius 1 is 1.05 bits per heavy atom. The molecule has 0 unspecified atom stereocenters. The number of benzene rings is 2. The molecule has 0 fully saturated rings. The molecule has 0 radical (unpaired) electrons. The molecule has 0 saturated carbocycles. The van der Waals surface area contributed by atoms with Crippen LogP contribution in [0.3, 0.4) is 0 Å². The predicted molar refractivity (Wildman–Crippen MR) is 65.4 cm³/mol. The van der Waals surface area contributed by atoms with Gasteiger partial charge >= 0.3 is 0 Å². The van der Waals surface area contributed by atoms with Crippen molar-refractivity contribution >= 4 is 0 Å². The van der Waals surface area contributed by atoms with Crippen molar-refractivity contribution in [3.05, 3.63) is 59.4 Å². The lowest BCUT2D eigenvalue weighted by molar-refractivity contribution is 0.425. The number of para-hydroxylation sites is 1. The maximum atomic E-state index is 13.7. The van der Waals surface area contributed by atoms with Gasteiger partial charge in [-0.15, -0.1) is 0 Å². The predicted octanol–water partition coefficient (Wildman–Crippen LogP) is 3.92. The van der Waals surface area contributed by atoms with Gasteiger partial charge < -0.3 is 10.5 Å². The van der Waals surface area contributed by atoms with Crippen LogP contribution >= 0.6 is 0 Å². The number of rotatable bonds is 3. The standard InChI is InChI=1S/C14H12F3NO/c1-8(18)12-3-2-4-13(17)14(12)19-11-6-9(15)5-10(16)7-11/h2-8H,18H2,1H3/t8-/m0/s1. The van der Waals surface area contributed by atoms with Gasteiger partial charge in [0.15, 0.2) is 11.6 Å². The molecule has 0 aliphatic carbocycles. The molecule has 0 amide bonds. The molecule has 0 saturated heterocycles. The van der Waals surface area contributed by atoms with E-state index in [4.69, 9.17) is 10.5 Å². The topological polar surface area (TPSA) is 35.2 Å². The first-order valence-electron chi connectivity index (χ1n) is 5.65. The molecule has 2 rings (SSSR count). The Bertz CT molecular complexity index is 579. The molecule has 0 bridgehead atoms. The minimum Gasteiger partial charge on any atom is -0.454 e. The second-order valence-corrected chi connectivity index (χ2v) is 4.15. The van der Waals surface area contributed by atoms with E-state index in [1.165, 1.54) is 12.1 Å². The fourth-order valence-corrected chi connectivity index (χ4v) is 1.70. The molecule has 2 aromatic carbocycles. The lowest BCUT2D eigenvalue weighted by Crippen LogP contribution is -2.07. The van der Waals surface area contributed by atoms with Gasteiger partial charge in [0.05, 0.1) is 0 Å². The zero-order valence-corrected chi connectivity index (χ0v) is 10.2. The Labute approximate surface area is 108 Å². The smallest absolute Gasteiger partial charge is 0.167 e. The summed E-state index contributed by atoms with van der Waals surface area (Å²) in [6, 6.07) is 6.47. The summed E-state index contributed by atoms with van der Waals surface area (Å²) in [4.78, 5) is 0. The molecule has 0 spiro atoms. The maximum absolute atomic E-state index is 13.7. The summed E-state index contributed by atoms with van der Waals surface area (Å²) in [6.07, 6.45) is 0. The number of ether oxygens (including phenoxy) is 1. The average Bonchev–Trinajstić information content (AvgIpc) is 2.30. The van der Waals surface area contributed by atoms with Crippen molar-refractivity contribution < 1.29 is 17.9 Å². The van der Waals surface area contributed by atoms with Crippen LogP contribution in [0.25, 0.3) is 0 Å². The van der Waals surface area contributed by atoms with E-state index >= 15 is 0 Å². The SMILES string of the molecule is C[C@H](N)c1cccc(F)c1Oc1cc(F)cc(F)c1. The summed E-state index contributed by atoms with van der Waals surface area (Å²) in [5.41, 5.74) is 6.12. The van der Waals surface area contributed by atoms with Crippen LogP contribution in [-0.4, -0.2) is 0 Å². The zero-order valence-electron chi connectivity index (χ0n) is 10.2. The van der Waals surface area contributed by atoms with Gasteiger partial charge in [-0.1, -0.05) is 12.1 Å². The van der Waals surface area contributed by atoms with E-state index in [-0.39, 0.29) is 11.5 Å². The third kappa shape index (κ3) is 3.06. The van der Waals surface area contributed by atoms with Crippen molar-refractivity contribution in [1.29, 1.82) is 0 Å². The minimum absolute atomic E-state index is 0.121. The highest BCUT2D eigenvalue weighted by Gasteiger charge is 2.14. The summed E-state index contributed by atoms with van der Waals surface area (Å²) in [5, 5.41) is 0. The summed E-state index contributed by atoms with van der Waals surface area (Å²) in [6.45, 7) is 1.66. The first-order chi connectivity index (χ1) is 8.97. The van der Waals surface area contributed by atoms with E-state index in [0.717, 1.165) is 12.1 Å². The molecule has 0 aliphatic rings. The first kappa shape index (κ1) is 13.4. The van der Waals surface area contributed by atoms with Crippen molar-refractivity contribution in [2.45, 2.75) is 13.0 Å². The van der Waals surface area contributed by atoms with Crippen LogP contribution < -0.4 is 10.5 Å². The van der Waals surface area contributed by atoms with Crippen LogP contribution in [0, 0.1) is 17.5 Å². The summed E-state index contributed by atoms with van der Waals surface area (Å²) in [7, 11) is 0. The van der Waals surface area contributed by atoms with Gasteiger partial charge in [0.2, 0.25) is 0 Å². The van der Waals surface area contributed by atoms with Gasteiger partial charge in [-0.05, 0) is 13.0 Å². The quantitative estimate of drug-likeness (QED) is 0.914. The summed E-state index contributed by atoms with van der Waals surface area (Å²) in [5.74, 6) is -2.48. The first-order valence-corrected chi connectivity index (χ1v) is 5.65. The van der Waals surface area contributed by atoms with Crippen LogP contribution in [0.15, 0.2) is 36.4 Å². The third-order valence-electron chi connectivity index (χ3n) is 2.54. The van der Waals surface area contributed by atoms with E-state index < -0.39 is 23.5 Å². The maximum Gasteiger partial charge on any atom is 0.167 e. The van der Waals surface area contributed by atoms with E-state index in [1.807, 2.05) is 0 Å². The minimum atomic E-state index is -0.798. The largest absolute Gasteiger partial charge is 0.454 e. The van der Waals surface area contributed by atoms with Gasteiger partial charge in [0, 0.05) is 29.8 Å². The van der Waals surface area contributed by atoms with Crippen LogP contribution in [0.5, 0.6) is 11.5 Å².